The molecular formula is C5H13N3O. The van der Waals surface area contributed by atoms with E-state index in [9.17, 15) is 0 Å². The lowest BCUT2D eigenvalue weighted by molar-refractivity contribution is 0.239. The van der Waals surface area contributed by atoms with Crippen molar-refractivity contribution in [2.24, 2.45) is 5.10 Å². The molecule has 0 aliphatic rings. The molecule has 0 aromatic heterocycles. The zero-order valence-electron chi connectivity index (χ0n) is 5.59. The van der Waals surface area contributed by atoms with Gasteiger partial charge in [0.2, 0.25) is 0 Å². The van der Waals surface area contributed by atoms with Crippen LogP contribution in [0.3, 0.4) is 0 Å². The third-order valence-corrected chi connectivity index (χ3v) is 0.856. The van der Waals surface area contributed by atoms with Gasteiger partial charge in [0.15, 0.2) is 0 Å². The van der Waals surface area contributed by atoms with Gasteiger partial charge in [-0.2, -0.15) is 5.10 Å². The molecule has 0 amide bonds. The van der Waals surface area contributed by atoms with Crippen molar-refractivity contribution in [3.05, 3.63) is 0 Å². The normalized spacial score (nSPS) is 10.0. The standard InChI is InChI=1S/C5H13N3O/c1-2-3-4-6-7-5-8-9/h5-6,9H,2-4H2,1H3,(H,7,8). The average molecular weight is 131 g/mol. The Morgan fingerprint density at radius 3 is 3.00 bits per heavy atom. The fourth-order valence-corrected chi connectivity index (χ4v) is 0.395. The minimum Gasteiger partial charge on any atom is -0.309 e. The fraction of sp³-hybridized carbons (Fsp3) is 0.800. The van der Waals surface area contributed by atoms with Crippen molar-refractivity contribution in [3.63, 3.8) is 0 Å². The maximum Gasteiger partial charge on any atom is 0.132 e. The Morgan fingerprint density at radius 2 is 2.44 bits per heavy atom. The largest absolute Gasteiger partial charge is 0.309 e. The summed E-state index contributed by atoms with van der Waals surface area (Å²) in [6.45, 7) is 2.96. The van der Waals surface area contributed by atoms with E-state index in [4.69, 9.17) is 5.21 Å². The topological polar surface area (TPSA) is 56.7 Å². The Labute approximate surface area is 54.9 Å². The van der Waals surface area contributed by atoms with Crippen molar-refractivity contribution < 1.29 is 5.21 Å². The molecule has 4 nitrogen and oxygen atoms in total. The molecule has 4 heteroatoms. The summed E-state index contributed by atoms with van der Waals surface area (Å²) in [5.74, 6) is 0. The minimum absolute atomic E-state index is 0.856. The van der Waals surface area contributed by atoms with Gasteiger partial charge in [0, 0.05) is 6.54 Å². The predicted molar refractivity (Wildman–Crippen MR) is 36.3 cm³/mol. The van der Waals surface area contributed by atoms with E-state index < -0.39 is 0 Å². The van der Waals surface area contributed by atoms with Gasteiger partial charge in [0.25, 0.3) is 0 Å². The number of nitrogens with one attached hydrogen (secondary N) is 2. The van der Waals surface area contributed by atoms with Crippen molar-refractivity contribution in [3.8, 4) is 0 Å². The predicted octanol–water partition coefficient (Wildman–Crippen LogP) is 0.298. The van der Waals surface area contributed by atoms with E-state index in [-0.39, 0.29) is 0 Å². The van der Waals surface area contributed by atoms with Gasteiger partial charge in [-0.1, -0.05) is 13.3 Å². The molecule has 0 atom stereocenters. The van der Waals surface area contributed by atoms with E-state index in [1.807, 2.05) is 0 Å². The van der Waals surface area contributed by atoms with E-state index in [2.05, 4.69) is 17.5 Å². The minimum atomic E-state index is 0.856. The van der Waals surface area contributed by atoms with Gasteiger partial charge in [0.1, 0.15) is 6.34 Å². The van der Waals surface area contributed by atoms with Crippen molar-refractivity contribution in [2.45, 2.75) is 19.8 Å². The molecule has 0 bridgehead atoms. The zero-order chi connectivity index (χ0) is 6.95. The monoisotopic (exact) mass is 131 g/mol. The van der Waals surface area contributed by atoms with Crippen LogP contribution in [0, 0.1) is 0 Å². The maximum atomic E-state index is 7.98. The summed E-state index contributed by atoms with van der Waals surface area (Å²) in [4.78, 5) is 0. The van der Waals surface area contributed by atoms with Crippen molar-refractivity contribution >= 4 is 6.34 Å². The highest BCUT2D eigenvalue weighted by atomic mass is 16.5. The first kappa shape index (κ1) is 8.23. The first-order chi connectivity index (χ1) is 4.41. The maximum absolute atomic E-state index is 7.98. The Balaban J connectivity index is 2.82. The van der Waals surface area contributed by atoms with E-state index in [1.165, 1.54) is 6.34 Å². The molecule has 0 fully saturated rings. The van der Waals surface area contributed by atoms with Crippen molar-refractivity contribution in [2.75, 3.05) is 6.54 Å². The molecule has 0 unspecified atom stereocenters. The highest BCUT2D eigenvalue weighted by Crippen LogP contribution is 1.80. The number of rotatable bonds is 5. The van der Waals surface area contributed by atoms with Crippen LogP contribution in [0.15, 0.2) is 5.10 Å². The summed E-state index contributed by atoms with van der Waals surface area (Å²) in [7, 11) is 0. The van der Waals surface area contributed by atoms with E-state index in [0.717, 1.165) is 19.4 Å². The lowest BCUT2D eigenvalue weighted by Gasteiger charge is -1.94. The second-order valence-electron chi connectivity index (χ2n) is 1.65. The molecule has 0 rings (SSSR count). The van der Waals surface area contributed by atoms with E-state index >= 15 is 0 Å². The fourth-order valence-electron chi connectivity index (χ4n) is 0.395. The Bertz CT molecular complexity index is 74.6. The van der Waals surface area contributed by atoms with Crippen LogP contribution in [0.5, 0.6) is 0 Å². The van der Waals surface area contributed by atoms with Gasteiger partial charge in [-0.05, 0) is 6.42 Å². The van der Waals surface area contributed by atoms with Gasteiger partial charge in [-0.25, -0.2) is 0 Å². The second-order valence-corrected chi connectivity index (χ2v) is 1.65. The van der Waals surface area contributed by atoms with E-state index in [1.54, 1.807) is 5.48 Å². The number of hydroxylamine groups is 1. The van der Waals surface area contributed by atoms with Crippen molar-refractivity contribution in [1.29, 1.82) is 0 Å². The smallest absolute Gasteiger partial charge is 0.132 e. The summed E-state index contributed by atoms with van der Waals surface area (Å²) >= 11 is 0. The van der Waals surface area contributed by atoms with Crippen LogP contribution in [0.2, 0.25) is 0 Å². The van der Waals surface area contributed by atoms with Gasteiger partial charge in [-0.3, -0.25) is 10.7 Å². The Morgan fingerprint density at radius 1 is 1.67 bits per heavy atom. The van der Waals surface area contributed by atoms with Crippen LogP contribution >= 0.6 is 0 Å². The Kier molecular flexibility index (Phi) is 6.61. The number of hydrazone groups is 1. The quantitative estimate of drug-likeness (QED) is 0.218. The SMILES string of the molecule is CCCCNN=CNO. The summed E-state index contributed by atoms with van der Waals surface area (Å²) < 4.78 is 0. The summed E-state index contributed by atoms with van der Waals surface area (Å²) in [5.41, 5.74) is 4.52. The van der Waals surface area contributed by atoms with Crippen LogP contribution in [-0.4, -0.2) is 18.1 Å². The molecule has 0 aromatic rings. The van der Waals surface area contributed by atoms with Gasteiger partial charge in [-0.15, -0.1) is 0 Å². The molecule has 54 valence electrons. The van der Waals surface area contributed by atoms with Crippen LogP contribution in [0.25, 0.3) is 0 Å². The molecule has 0 heterocycles. The molecule has 0 saturated heterocycles. The summed E-state index contributed by atoms with van der Waals surface area (Å²) in [6, 6.07) is 0. The number of unbranched alkanes of at least 4 members (excludes halogenated alkanes) is 1. The summed E-state index contributed by atoms with van der Waals surface area (Å²) in [6.07, 6.45) is 3.44. The van der Waals surface area contributed by atoms with Crippen LogP contribution in [0.1, 0.15) is 19.8 Å². The molecular weight excluding hydrogens is 118 g/mol. The summed E-state index contributed by atoms with van der Waals surface area (Å²) in [5, 5.41) is 11.6. The van der Waals surface area contributed by atoms with Crippen LogP contribution in [0.4, 0.5) is 0 Å². The first-order valence-electron chi connectivity index (χ1n) is 3.05. The average Bonchev–Trinajstić information content (AvgIpc) is 1.89. The number of hydrogen-bond donors (Lipinski definition) is 3. The van der Waals surface area contributed by atoms with Gasteiger partial charge < -0.3 is 5.43 Å². The van der Waals surface area contributed by atoms with Crippen LogP contribution < -0.4 is 10.9 Å². The molecule has 0 spiro atoms. The Hall–Kier alpha value is -0.770. The molecule has 0 aliphatic heterocycles. The molecule has 0 saturated carbocycles. The third kappa shape index (κ3) is 7.23. The molecule has 0 radical (unpaired) electrons. The van der Waals surface area contributed by atoms with Gasteiger partial charge >= 0.3 is 0 Å². The number of nitrogens with zero attached hydrogens (tertiary/aromatic N) is 1. The first-order valence-corrected chi connectivity index (χ1v) is 3.05. The van der Waals surface area contributed by atoms with Crippen molar-refractivity contribution in [1.82, 2.24) is 10.9 Å². The number of hydrogen-bond acceptors (Lipinski definition) is 3. The third-order valence-electron chi connectivity index (χ3n) is 0.856. The lowest BCUT2D eigenvalue weighted by atomic mass is 10.3. The highest BCUT2D eigenvalue weighted by molar-refractivity contribution is 5.51. The van der Waals surface area contributed by atoms with Gasteiger partial charge in [0.05, 0.1) is 0 Å². The second kappa shape index (κ2) is 7.23. The lowest BCUT2D eigenvalue weighted by Crippen LogP contribution is -2.11. The molecule has 3 N–H and O–H groups in total. The molecule has 0 aliphatic carbocycles. The molecule has 0 aromatic carbocycles. The zero-order valence-corrected chi connectivity index (χ0v) is 5.59. The molecule has 9 heavy (non-hydrogen) atoms. The highest BCUT2D eigenvalue weighted by Gasteiger charge is 1.76. The van der Waals surface area contributed by atoms with Crippen LogP contribution in [-0.2, 0) is 0 Å². The van der Waals surface area contributed by atoms with E-state index in [0.29, 0.717) is 0 Å².